The number of rotatable bonds is 8. The highest BCUT2D eigenvalue weighted by Crippen LogP contribution is 2.25. The van der Waals surface area contributed by atoms with Gasteiger partial charge in [0.25, 0.3) is 5.56 Å². The van der Waals surface area contributed by atoms with Crippen molar-refractivity contribution < 1.29 is 9.53 Å². The molecule has 35 heavy (non-hydrogen) atoms. The second-order valence-electron chi connectivity index (χ2n) is 8.70. The van der Waals surface area contributed by atoms with E-state index in [0.717, 1.165) is 29.0 Å². The highest BCUT2D eigenvalue weighted by Gasteiger charge is 2.26. The van der Waals surface area contributed by atoms with Crippen LogP contribution >= 0.6 is 0 Å². The number of nitrogens with zero attached hydrogens (tertiary/aromatic N) is 3. The molecule has 3 aromatic carbocycles. The lowest BCUT2D eigenvalue weighted by molar-refractivity contribution is -0.132. The van der Waals surface area contributed by atoms with Gasteiger partial charge in [-0.1, -0.05) is 49.4 Å². The molecule has 0 N–H and O–H groups in total. The monoisotopic (exact) mass is 469 g/mol. The zero-order chi connectivity index (χ0) is 24.9. The topological polar surface area (TPSA) is 64.4 Å². The van der Waals surface area contributed by atoms with Crippen molar-refractivity contribution in [2.45, 2.75) is 39.7 Å². The van der Waals surface area contributed by atoms with Gasteiger partial charge in [0.05, 0.1) is 36.2 Å². The Labute approximate surface area is 205 Å². The number of carbonyl (C=O) groups is 1. The van der Waals surface area contributed by atoms with Crippen LogP contribution < -0.4 is 10.3 Å². The molecule has 0 saturated carbocycles. The maximum atomic E-state index is 13.7. The Bertz CT molecular complexity index is 1390. The van der Waals surface area contributed by atoms with E-state index in [4.69, 9.17) is 9.72 Å². The van der Waals surface area contributed by atoms with Gasteiger partial charge >= 0.3 is 0 Å². The molecule has 1 atom stereocenters. The first-order chi connectivity index (χ1) is 16.9. The van der Waals surface area contributed by atoms with Crippen LogP contribution in [0.2, 0.25) is 0 Å². The summed E-state index contributed by atoms with van der Waals surface area (Å²) in [5.41, 5.74) is 3.14. The third-order valence-electron chi connectivity index (χ3n) is 6.30. The summed E-state index contributed by atoms with van der Waals surface area (Å²) in [6.07, 6.45) is 1.05. The lowest BCUT2D eigenvalue weighted by Gasteiger charge is -2.30. The minimum Gasteiger partial charge on any atom is -0.497 e. The number of hydrogen-bond donors (Lipinski definition) is 0. The zero-order valence-corrected chi connectivity index (χ0v) is 20.7. The van der Waals surface area contributed by atoms with E-state index in [-0.39, 0.29) is 17.9 Å². The molecule has 4 rings (SSSR count). The van der Waals surface area contributed by atoms with Crippen molar-refractivity contribution in [2.24, 2.45) is 0 Å². The predicted octanol–water partition coefficient (Wildman–Crippen LogP) is 5.25. The molecule has 1 amide bonds. The maximum Gasteiger partial charge on any atom is 0.266 e. The van der Waals surface area contributed by atoms with E-state index in [1.807, 2.05) is 92.4 Å². The Hall–Kier alpha value is -3.93. The Morgan fingerprint density at radius 1 is 1.03 bits per heavy atom. The van der Waals surface area contributed by atoms with Crippen LogP contribution in [-0.4, -0.2) is 34.0 Å². The average molecular weight is 470 g/mol. The van der Waals surface area contributed by atoms with Gasteiger partial charge in [-0.25, -0.2) is 4.98 Å². The summed E-state index contributed by atoms with van der Waals surface area (Å²) in [5, 5.41) is 0.554. The number of methoxy groups -OCH3 is 1. The van der Waals surface area contributed by atoms with Crippen molar-refractivity contribution in [3.63, 3.8) is 0 Å². The Kier molecular flexibility index (Phi) is 7.30. The van der Waals surface area contributed by atoms with Crippen molar-refractivity contribution in [2.75, 3.05) is 13.7 Å². The number of benzene rings is 3. The van der Waals surface area contributed by atoms with E-state index >= 15 is 0 Å². The summed E-state index contributed by atoms with van der Waals surface area (Å²) in [5.74, 6) is 1.30. The summed E-state index contributed by atoms with van der Waals surface area (Å²) in [6, 6.07) is 22.2. The molecule has 180 valence electrons. The second kappa shape index (κ2) is 10.6. The molecule has 1 aromatic heterocycles. The minimum atomic E-state index is -0.405. The Morgan fingerprint density at radius 3 is 2.40 bits per heavy atom. The van der Waals surface area contributed by atoms with Gasteiger partial charge < -0.3 is 9.64 Å². The predicted molar refractivity (Wildman–Crippen MR) is 139 cm³/mol. The third kappa shape index (κ3) is 4.97. The molecule has 0 aliphatic heterocycles. The van der Waals surface area contributed by atoms with Crippen LogP contribution in [0.3, 0.4) is 0 Å². The number of aromatic nitrogens is 2. The highest BCUT2D eigenvalue weighted by atomic mass is 16.5. The van der Waals surface area contributed by atoms with Crippen molar-refractivity contribution in [3.8, 4) is 11.4 Å². The SMILES string of the molecule is CCCN(C(=O)Cc1ccc(OC)cc1)C(C)c1nc2ccccc2c(=O)n1-c1ccccc1C. The molecule has 0 aliphatic carbocycles. The lowest BCUT2D eigenvalue weighted by atomic mass is 10.1. The molecule has 0 aliphatic rings. The Morgan fingerprint density at radius 2 is 1.71 bits per heavy atom. The molecule has 6 nitrogen and oxygen atoms in total. The standard InChI is InChI=1S/C29H31N3O3/c1-5-18-31(27(33)19-22-14-16-23(35-4)17-15-22)21(3)28-30-25-12-8-7-11-24(25)29(34)32(28)26-13-9-6-10-20(26)2/h6-17,21H,5,18-19H2,1-4H3. The molecule has 0 saturated heterocycles. The van der Waals surface area contributed by atoms with Gasteiger partial charge in [-0.15, -0.1) is 0 Å². The van der Waals surface area contributed by atoms with Crippen molar-refractivity contribution >= 4 is 16.8 Å². The first kappa shape index (κ1) is 24.2. The maximum absolute atomic E-state index is 13.7. The van der Waals surface area contributed by atoms with Gasteiger partial charge in [-0.3, -0.25) is 14.2 Å². The third-order valence-corrected chi connectivity index (χ3v) is 6.30. The van der Waals surface area contributed by atoms with Gasteiger partial charge in [0, 0.05) is 6.54 Å². The molecular formula is C29H31N3O3. The zero-order valence-electron chi connectivity index (χ0n) is 20.7. The fourth-order valence-electron chi connectivity index (χ4n) is 4.41. The molecule has 0 radical (unpaired) electrons. The Balaban J connectivity index is 1.80. The number of para-hydroxylation sites is 2. The van der Waals surface area contributed by atoms with Crippen LogP contribution in [0.25, 0.3) is 16.6 Å². The van der Waals surface area contributed by atoms with Gasteiger partial charge in [0.2, 0.25) is 5.91 Å². The van der Waals surface area contributed by atoms with Crippen LogP contribution in [0, 0.1) is 6.92 Å². The molecular weight excluding hydrogens is 438 g/mol. The fourth-order valence-corrected chi connectivity index (χ4v) is 4.41. The summed E-state index contributed by atoms with van der Waals surface area (Å²) < 4.78 is 6.90. The molecule has 0 spiro atoms. The highest BCUT2D eigenvalue weighted by molar-refractivity contribution is 5.80. The first-order valence-corrected chi connectivity index (χ1v) is 11.9. The number of carbonyl (C=O) groups excluding carboxylic acids is 1. The molecule has 4 aromatic rings. The average Bonchev–Trinajstić information content (AvgIpc) is 2.88. The largest absolute Gasteiger partial charge is 0.497 e. The minimum absolute atomic E-state index is 0.0109. The van der Waals surface area contributed by atoms with Crippen LogP contribution in [0.1, 0.15) is 43.3 Å². The fraction of sp³-hybridized carbons (Fsp3) is 0.276. The quantitative estimate of drug-likeness (QED) is 0.354. The van der Waals surface area contributed by atoms with Gasteiger partial charge in [0.1, 0.15) is 11.6 Å². The summed E-state index contributed by atoms with van der Waals surface area (Å²) >= 11 is 0. The smallest absolute Gasteiger partial charge is 0.266 e. The van der Waals surface area contributed by atoms with E-state index in [9.17, 15) is 9.59 Å². The van der Waals surface area contributed by atoms with Gasteiger partial charge in [-0.2, -0.15) is 0 Å². The van der Waals surface area contributed by atoms with Gasteiger partial charge in [-0.05, 0) is 61.7 Å². The van der Waals surface area contributed by atoms with Crippen LogP contribution in [0.4, 0.5) is 0 Å². The lowest BCUT2D eigenvalue weighted by Crippen LogP contribution is -2.38. The number of aryl methyl sites for hydroxylation is 1. The van der Waals surface area contributed by atoms with Crippen molar-refractivity contribution in [3.05, 3.63) is 100 Å². The van der Waals surface area contributed by atoms with E-state index in [0.29, 0.717) is 23.3 Å². The second-order valence-corrected chi connectivity index (χ2v) is 8.70. The van der Waals surface area contributed by atoms with E-state index < -0.39 is 6.04 Å². The molecule has 0 bridgehead atoms. The normalized spacial score (nSPS) is 11.9. The van der Waals surface area contributed by atoms with Crippen LogP contribution in [0.15, 0.2) is 77.6 Å². The first-order valence-electron chi connectivity index (χ1n) is 11.9. The molecule has 0 fully saturated rings. The van der Waals surface area contributed by atoms with Crippen molar-refractivity contribution in [1.82, 2.24) is 14.5 Å². The summed E-state index contributed by atoms with van der Waals surface area (Å²) in [4.78, 5) is 34.0. The van der Waals surface area contributed by atoms with E-state index in [2.05, 4.69) is 0 Å². The van der Waals surface area contributed by atoms with Crippen molar-refractivity contribution in [1.29, 1.82) is 0 Å². The molecule has 1 heterocycles. The molecule has 1 unspecified atom stereocenters. The van der Waals surface area contributed by atoms with Crippen LogP contribution in [-0.2, 0) is 11.2 Å². The summed E-state index contributed by atoms with van der Waals surface area (Å²) in [7, 11) is 1.62. The summed E-state index contributed by atoms with van der Waals surface area (Å²) in [6.45, 7) is 6.53. The van der Waals surface area contributed by atoms with Gasteiger partial charge in [0.15, 0.2) is 0 Å². The number of amides is 1. The van der Waals surface area contributed by atoms with Crippen LogP contribution in [0.5, 0.6) is 5.75 Å². The number of hydrogen-bond acceptors (Lipinski definition) is 4. The number of ether oxygens (including phenoxy) is 1. The van der Waals surface area contributed by atoms with E-state index in [1.54, 1.807) is 17.7 Å². The number of fused-ring (bicyclic) bond motifs is 1. The van der Waals surface area contributed by atoms with E-state index in [1.165, 1.54) is 0 Å². The molecule has 6 heteroatoms.